The Hall–Kier alpha value is -1.19. The highest BCUT2D eigenvalue weighted by Crippen LogP contribution is 2.22. The SMILES string of the molecule is COCCCS(=O)(=O)NCC(=O)N1CCC(C)CC1C(=O)O. The number of hydrogen-bond donors (Lipinski definition) is 2. The van der Waals surface area contributed by atoms with Crippen LogP contribution in [0, 0.1) is 5.92 Å². The third kappa shape index (κ3) is 5.90. The largest absolute Gasteiger partial charge is 0.480 e. The summed E-state index contributed by atoms with van der Waals surface area (Å²) in [6.45, 7) is 2.19. The van der Waals surface area contributed by atoms with Crippen molar-refractivity contribution in [1.29, 1.82) is 0 Å². The lowest BCUT2D eigenvalue weighted by atomic mass is 9.92. The summed E-state index contributed by atoms with van der Waals surface area (Å²) < 4.78 is 30.4. The van der Waals surface area contributed by atoms with Crippen LogP contribution < -0.4 is 4.72 Å². The van der Waals surface area contributed by atoms with Gasteiger partial charge in [0.05, 0.1) is 12.3 Å². The molecule has 0 spiro atoms. The molecule has 1 saturated heterocycles. The second-order valence-corrected chi connectivity index (χ2v) is 7.48. The number of hydrogen-bond acceptors (Lipinski definition) is 5. The summed E-state index contributed by atoms with van der Waals surface area (Å²) in [4.78, 5) is 24.6. The van der Waals surface area contributed by atoms with Gasteiger partial charge in [-0.25, -0.2) is 17.9 Å². The van der Waals surface area contributed by atoms with Gasteiger partial charge in [-0.1, -0.05) is 6.92 Å². The highest BCUT2D eigenvalue weighted by molar-refractivity contribution is 7.89. The topological polar surface area (TPSA) is 113 Å². The van der Waals surface area contributed by atoms with Crippen molar-refractivity contribution in [2.75, 3.05) is 32.6 Å². The summed E-state index contributed by atoms with van der Waals surface area (Å²) in [7, 11) is -2.08. The molecule has 128 valence electrons. The van der Waals surface area contributed by atoms with E-state index < -0.39 is 34.5 Å². The molecule has 0 aromatic rings. The van der Waals surface area contributed by atoms with Gasteiger partial charge < -0.3 is 14.7 Å². The van der Waals surface area contributed by atoms with Crippen LogP contribution in [0.15, 0.2) is 0 Å². The molecule has 0 aromatic carbocycles. The van der Waals surface area contributed by atoms with Gasteiger partial charge in [0.25, 0.3) is 0 Å². The molecule has 1 heterocycles. The first kappa shape index (κ1) is 18.9. The Bertz CT molecular complexity index is 493. The Balaban J connectivity index is 2.54. The van der Waals surface area contributed by atoms with E-state index in [-0.39, 0.29) is 11.7 Å². The summed E-state index contributed by atoms with van der Waals surface area (Å²) in [5, 5.41) is 9.20. The van der Waals surface area contributed by atoms with Crippen LogP contribution in [0.3, 0.4) is 0 Å². The molecule has 1 fully saturated rings. The highest BCUT2D eigenvalue weighted by atomic mass is 32.2. The Morgan fingerprint density at radius 2 is 2.09 bits per heavy atom. The lowest BCUT2D eigenvalue weighted by molar-refractivity contribution is -0.152. The molecule has 0 saturated carbocycles. The number of carbonyl (C=O) groups excluding carboxylic acids is 1. The first-order valence-corrected chi connectivity index (χ1v) is 8.90. The molecule has 0 aliphatic carbocycles. The first-order chi connectivity index (χ1) is 10.3. The Morgan fingerprint density at radius 3 is 2.68 bits per heavy atom. The van der Waals surface area contributed by atoms with Gasteiger partial charge in [-0.05, 0) is 25.2 Å². The minimum absolute atomic E-state index is 0.131. The Morgan fingerprint density at radius 1 is 1.41 bits per heavy atom. The van der Waals surface area contributed by atoms with Gasteiger partial charge in [0, 0.05) is 20.3 Å². The quantitative estimate of drug-likeness (QED) is 0.586. The number of carbonyl (C=O) groups is 2. The zero-order chi connectivity index (χ0) is 16.8. The maximum atomic E-state index is 12.1. The molecule has 0 bridgehead atoms. The maximum absolute atomic E-state index is 12.1. The van der Waals surface area contributed by atoms with Crippen LogP contribution in [0.2, 0.25) is 0 Å². The molecule has 1 aliphatic rings. The minimum atomic E-state index is -3.56. The van der Waals surface area contributed by atoms with E-state index in [0.717, 1.165) is 6.42 Å². The number of amides is 1. The smallest absolute Gasteiger partial charge is 0.326 e. The monoisotopic (exact) mass is 336 g/mol. The number of methoxy groups -OCH3 is 1. The second kappa shape index (κ2) is 8.44. The van der Waals surface area contributed by atoms with Crippen molar-refractivity contribution in [3.8, 4) is 0 Å². The molecular weight excluding hydrogens is 312 g/mol. The van der Waals surface area contributed by atoms with Gasteiger partial charge in [-0.15, -0.1) is 0 Å². The molecule has 2 atom stereocenters. The van der Waals surface area contributed by atoms with Gasteiger partial charge in [0.15, 0.2) is 0 Å². The summed E-state index contributed by atoms with van der Waals surface area (Å²) >= 11 is 0. The van der Waals surface area contributed by atoms with E-state index in [2.05, 4.69) is 4.72 Å². The van der Waals surface area contributed by atoms with Crippen molar-refractivity contribution >= 4 is 21.9 Å². The van der Waals surface area contributed by atoms with E-state index in [1.807, 2.05) is 6.92 Å². The number of sulfonamides is 1. The highest BCUT2D eigenvalue weighted by Gasteiger charge is 2.34. The fourth-order valence-electron chi connectivity index (χ4n) is 2.41. The molecule has 0 radical (unpaired) electrons. The van der Waals surface area contributed by atoms with Crippen LogP contribution in [0.5, 0.6) is 0 Å². The Kier molecular flexibility index (Phi) is 7.24. The van der Waals surface area contributed by atoms with Gasteiger partial charge >= 0.3 is 5.97 Å². The summed E-state index contributed by atoms with van der Waals surface area (Å²) in [6, 6.07) is -0.880. The molecule has 2 N–H and O–H groups in total. The number of nitrogens with one attached hydrogen (secondary N) is 1. The van der Waals surface area contributed by atoms with Crippen molar-refractivity contribution in [2.24, 2.45) is 5.92 Å². The normalized spacial score (nSPS) is 22.5. The van der Waals surface area contributed by atoms with Crippen molar-refractivity contribution in [3.63, 3.8) is 0 Å². The third-order valence-electron chi connectivity index (χ3n) is 3.67. The molecule has 9 heteroatoms. The zero-order valence-corrected chi connectivity index (χ0v) is 13.8. The Labute approximate surface area is 130 Å². The van der Waals surface area contributed by atoms with Gasteiger partial charge in [0.1, 0.15) is 6.04 Å². The lowest BCUT2D eigenvalue weighted by Crippen LogP contribution is -2.52. The van der Waals surface area contributed by atoms with E-state index in [1.54, 1.807) is 0 Å². The average Bonchev–Trinajstić information content (AvgIpc) is 2.45. The molecule has 1 aliphatic heterocycles. The number of nitrogens with zero attached hydrogens (tertiary/aromatic N) is 1. The zero-order valence-electron chi connectivity index (χ0n) is 12.9. The summed E-state index contributed by atoms with van der Waals surface area (Å²) in [6.07, 6.45) is 1.44. The summed E-state index contributed by atoms with van der Waals surface area (Å²) in [5.74, 6) is -1.46. The molecule has 22 heavy (non-hydrogen) atoms. The molecule has 8 nitrogen and oxygen atoms in total. The maximum Gasteiger partial charge on any atom is 0.326 e. The van der Waals surface area contributed by atoms with Crippen molar-refractivity contribution in [2.45, 2.75) is 32.2 Å². The lowest BCUT2D eigenvalue weighted by Gasteiger charge is -2.36. The third-order valence-corrected chi connectivity index (χ3v) is 5.09. The minimum Gasteiger partial charge on any atom is -0.480 e. The molecule has 1 amide bonds. The van der Waals surface area contributed by atoms with Crippen LogP contribution in [0.4, 0.5) is 0 Å². The predicted molar refractivity (Wildman–Crippen MR) is 79.8 cm³/mol. The first-order valence-electron chi connectivity index (χ1n) is 7.25. The molecule has 0 aromatic heterocycles. The van der Waals surface area contributed by atoms with Crippen molar-refractivity contribution in [3.05, 3.63) is 0 Å². The van der Waals surface area contributed by atoms with Crippen LogP contribution in [-0.2, 0) is 24.3 Å². The van der Waals surface area contributed by atoms with Crippen LogP contribution in [0.1, 0.15) is 26.2 Å². The van der Waals surface area contributed by atoms with E-state index in [1.165, 1.54) is 12.0 Å². The second-order valence-electron chi connectivity index (χ2n) is 5.56. The van der Waals surface area contributed by atoms with E-state index >= 15 is 0 Å². The van der Waals surface area contributed by atoms with Crippen molar-refractivity contribution in [1.82, 2.24) is 9.62 Å². The van der Waals surface area contributed by atoms with Gasteiger partial charge in [-0.2, -0.15) is 0 Å². The van der Waals surface area contributed by atoms with Crippen LogP contribution >= 0.6 is 0 Å². The fourth-order valence-corrected chi connectivity index (χ4v) is 3.40. The number of carboxylic acid groups (broad SMARTS) is 1. The van der Waals surface area contributed by atoms with Gasteiger partial charge in [-0.3, -0.25) is 4.79 Å². The van der Waals surface area contributed by atoms with Gasteiger partial charge in [0.2, 0.25) is 15.9 Å². The fraction of sp³-hybridized carbons (Fsp3) is 0.846. The summed E-state index contributed by atoms with van der Waals surface area (Å²) in [5.41, 5.74) is 0. The van der Waals surface area contributed by atoms with Crippen molar-refractivity contribution < 1.29 is 27.9 Å². The number of piperidine rings is 1. The number of carboxylic acids is 1. The number of rotatable bonds is 8. The molecular formula is C13H24N2O6S. The number of ether oxygens (including phenoxy) is 1. The molecule has 1 rings (SSSR count). The average molecular weight is 336 g/mol. The number of aliphatic carboxylic acids is 1. The molecule has 2 unspecified atom stereocenters. The predicted octanol–water partition coefficient (Wildman–Crippen LogP) is -0.346. The van der Waals surface area contributed by atoms with E-state index in [0.29, 0.717) is 26.0 Å². The van der Waals surface area contributed by atoms with Crippen LogP contribution in [0.25, 0.3) is 0 Å². The number of likely N-dealkylation sites (tertiary alicyclic amines) is 1. The van der Waals surface area contributed by atoms with Crippen LogP contribution in [-0.4, -0.2) is 68.9 Å². The van der Waals surface area contributed by atoms with E-state index in [9.17, 15) is 23.1 Å². The standard InChI is InChI=1S/C13H24N2O6S/c1-10-4-5-15(11(8-10)13(17)18)12(16)9-14-22(19,20)7-3-6-21-2/h10-11,14H,3-9H2,1-2H3,(H,17,18). The van der Waals surface area contributed by atoms with E-state index in [4.69, 9.17) is 4.74 Å².